The van der Waals surface area contributed by atoms with Gasteiger partial charge in [-0.1, -0.05) is 48.5 Å². The lowest BCUT2D eigenvalue weighted by Crippen LogP contribution is -2.38. The zero-order chi connectivity index (χ0) is 24.7. The molecule has 1 fully saturated rings. The molecular weight excluding hydrogens is 448 g/mol. The number of aromatic nitrogens is 1. The molecule has 0 atom stereocenters. The largest absolute Gasteiger partial charge is 0.493 e. The van der Waals surface area contributed by atoms with Crippen LogP contribution in [0.2, 0.25) is 0 Å². The van der Waals surface area contributed by atoms with E-state index < -0.39 is 0 Å². The van der Waals surface area contributed by atoms with E-state index in [1.165, 1.54) is 33.2 Å². The van der Waals surface area contributed by atoms with Crippen molar-refractivity contribution in [1.29, 1.82) is 0 Å². The average Bonchev–Trinajstić information content (AvgIpc) is 3.32. The minimum atomic E-state index is 0.669. The van der Waals surface area contributed by atoms with Gasteiger partial charge in [-0.3, -0.25) is 4.90 Å². The van der Waals surface area contributed by atoms with E-state index in [-0.39, 0.29) is 0 Å². The lowest BCUT2D eigenvalue weighted by atomic mass is 9.97. The number of hydrogen-bond donors (Lipinski definition) is 1. The van der Waals surface area contributed by atoms with Gasteiger partial charge in [-0.25, -0.2) is 0 Å². The lowest BCUT2D eigenvalue weighted by Gasteiger charge is -2.26. The van der Waals surface area contributed by atoms with Crippen LogP contribution < -0.4 is 9.47 Å². The Balaban J connectivity index is 1.16. The standard InChI is InChI=1S/C31H36N2O3/c1-23-8-3-4-10-26(23)28-12-5-11-27-25(22-32-31(27)28)9-7-18-35-29-13-6-14-30(24(29)2)36-21-17-33-15-19-34-20-16-33/h3-6,8,10-14,22,32H,7,9,15-21H2,1-2H3. The van der Waals surface area contributed by atoms with Crippen molar-refractivity contribution >= 4 is 10.9 Å². The quantitative estimate of drug-likeness (QED) is 0.273. The zero-order valence-electron chi connectivity index (χ0n) is 21.4. The van der Waals surface area contributed by atoms with Gasteiger partial charge in [0.1, 0.15) is 18.1 Å². The second-order valence-electron chi connectivity index (χ2n) is 9.49. The maximum Gasteiger partial charge on any atom is 0.125 e. The van der Waals surface area contributed by atoms with Crippen LogP contribution in [0.25, 0.3) is 22.0 Å². The van der Waals surface area contributed by atoms with Crippen LogP contribution in [0.4, 0.5) is 0 Å². The summed E-state index contributed by atoms with van der Waals surface area (Å²) >= 11 is 0. The summed E-state index contributed by atoms with van der Waals surface area (Å²) in [4.78, 5) is 5.92. The van der Waals surface area contributed by atoms with Gasteiger partial charge >= 0.3 is 0 Å². The van der Waals surface area contributed by atoms with E-state index in [4.69, 9.17) is 14.2 Å². The molecule has 1 aromatic heterocycles. The molecule has 1 saturated heterocycles. The molecule has 2 heterocycles. The molecule has 1 aliphatic heterocycles. The maximum absolute atomic E-state index is 6.18. The summed E-state index contributed by atoms with van der Waals surface area (Å²) in [5.41, 5.74) is 7.43. The van der Waals surface area contributed by atoms with Crippen LogP contribution in [0.3, 0.4) is 0 Å². The highest BCUT2D eigenvalue weighted by molar-refractivity contribution is 5.96. The molecule has 0 radical (unpaired) electrons. The van der Waals surface area contributed by atoms with E-state index in [0.29, 0.717) is 13.2 Å². The van der Waals surface area contributed by atoms with Crippen LogP contribution >= 0.6 is 0 Å². The maximum atomic E-state index is 6.18. The second-order valence-corrected chi connectivity index (χ2v) is 9.49. The number of benzene rings is 3. The number of H-pyrrole nitrogens is 1. The highest BCUT2D eigenvalue weighted by atomic mass is 16.5. The third kappa shape index (κ3) is 5.58. The molecule has 1 N–H and O–H groups in total. The molecule has 1 aliphatic rings. The van der Waals surface area contributed by atoms with Crippen LogP contribution in [0.5, 0.6) is 11.5 Å². The highest BCUT2D eigenvalue weighted by Crippen LogP contribution is 2.32. The summed E-state index contributed by atoms with van der Waals surface area (Å²) in [7, 11) is 0. The fraction of sp³-hybridized carbons (Fsp3) is 0.355. The molecule has 0 saturated carbocycles. The van der Waals surface area contributed by atoms with Crippen molar-refractivity contribution in [3.05, 3.63) is 83.6 Å². The molecule has 4 aromatic rings. The molecule has 36 heavy (non-hydrogen) atoms. The summed E-state index contributed by atoms with van der Waals surface area (Å²) in [5.74, 6) is 1.81. The smallest absolute Gasteiger partial charge is 0.125 e. The van der Waals surface area contributed by atoms with Gasteiger partial charge in [-0.05, 0) is 55.5 Å². The van der Waals surface area contributed by atoms with Crippen LogP contribution in [0.15, 0.2) is 66.9 Å². The van der Waals surface area contributed by atoms with E-state index >= 15 is 0 Å². The predicted molar refractivity (Wildman–Crippen MR) is 146 cm³/mol. The lowest BCUT2D eigenvalue weighted by molar-refractivity contribution is 0.0322. The summed E-state index contributed by atoms with van der Waals surface area (Å²) < 4.78 is 17.7. The fourth-order valence-electron chi connectivity index (χ4n) is 4.98. The van der Waals surface area contributed by atoms with Crippen molar-refractivity contribution in [2.24, 2.45) is 0 Å². The van der Waals surface area contributed by atoms with Crippen LogP contribution in [0, 0.1) is 13.8 Å². The van der Waals surface area contributed by atoms with E-state index in [9.17, 15) is 0 Å². The number of ether oxygens (including phenoxy) is 3. The molecule has 0 bridgehead atoms. The number of rotatable bonds is 10. The van der Waals surface area contributed by atoms with Gasteiger partial charge in [0.2, 0.25) is 0 Å². The predicted octanol–water partition coefficient (Wildman–Crippen LogP) is 6.17. The van der Waals surface area contributed by atoms with E-state index in [2.05, 4.69) is 72.4 Å². The number of nitrogens with one attached hydrogen (secondary N) is 1. The molecular formula is C31H36N2O3. The van der Waals surface area contributed by atoms with Crippen LogP contribution in [-0.2, 0) is 11.2 Å². The molecule has 0 aliphatic carbocycles. The van der Waals surface area contributed by atoms with Crippen molar-refractivity contribution in [3.8, 4) is 22.6 Å². The average molecular weight is 485 g/mol. The van der Waals surface area contributed by atoms with Gasteiger partial charge in [0.15, 0.2) is 0 Å². The Labute approximate surface area is 214 Å². The summed E-state index contributed by atoms with van der Waals surface area (Å²) in [6.45, 7) is 10.1. The molecule has 0 amide bonds. The molecule has 188 valence electrons. The van der Waals surface area contributed by atoms with E-state index in [0.717, 1.165) is 62.8 Å². The fourth-order valence-corrected chi connectivity index (χ4v) is 4.98. The van der Waals surface area contributed by atoms with Crippen LogP contribution in [-0.4, -0.2) is 55.9 Å². The first-order chi connectivity index (χ1) is 17.7. The van der Waals surface area contributed by atoms with Gasteiger partial charge < -0.3 is 19.2 Å². The summed E-state index contributed by atoms with van der Waals surface area (Å²) in [6, 6.07) is 21.2. The van der Waals surface area contributed by atoms with Crippen molar-refractivity contribution in [2.45, 2.75) is 26.7 Å². The van der Waals surface area contributed by atoms with Crippen molar-refractivity contribution in [2.75, 3.05) is 46.1 Å². The Morgan fingerprint density at radius 3 is 2.36 bits per heavy atom. The van der Waals surface area contributed by atoms with Gasteiger partial charge in [0, 0.05) is 42.3 Å². The van der Waals surface area contributed by atoms with Gasteiger partial charge in [0.25, 0.3) is 0 Å². The number of aryl methyl sites for hydroxylation is 2. The number of nitrogens with zero attached hydrogens (tertiary/aromatic N) is 1. The Bertz CT molecular complexity index is 1290. The summed E-state index contributed by atoms with van der Waals surface area (Å²) in [5, 5.41) is 1.29. The van der Waals surface area contributed by atoms with Crippen molar-refractivity contribution in [1.82, 2.24) is 9.88 Å². The first kappa shape index (κ1) is 24.4. The van der Waals surface area contributed by atoms with Crippen molar-refractivity contribution in [3.63, 3.8) is 0 Å². The molecule has 5 rings (SSSR count). The Hall–Kier alpha value is -3.28. The Morgan fingerprint density at radius 1 is 0.833 bits per heavy atom. The Morgan fingerprint density at radius 2 is 1.56 bits per heavy atom. The minimum absolute atomic E-state index is 0.669. The first-order valence-corrected chi connectivity index (χ1v) is 13.0. The monoisotopic (exact) mass is 484 g/mol. The minimum Gasteiger partial charge on any atom is -0.493 e. The second kappa shape index (κ2) is 11.6. The van der Waals surface area contributed by atoms with Gasteiger partial charge in [-0.2, -0.15) is 0 Å². The molecule has 0 unspecified atom stereocenters. The molecule has 0 spiro atoms. The highest BCUT2D eigenvalue weighted by Gasteiger charge is 2.13. The van der Waals surface area contributed by atoms with E-state index in [1.54, 1.807) is 0 Å². The Kier molecular flexibility index (Phi) is 7.89. The third-order valence-electron chi connectivity index (χ3n) is 7.09. The van der Waals surface area contributed by atoms with E-state index in [1.807, 2.05) is 18.2 Å². The van der Waals surface area contributed by atoms with Gasteiger partial charge in [-0.15, -0.1) is 0 Å². The summed E-state index contributed by atoms with van der Waals surface area (Å²) in [6.07, 6.45) is 4.07. The topological polar surface area (TPSA) is 46.7 Å². The number of aromatic amines is 1. The normalized spacial score (nSPS) is 14.3. The molecule has 5 nitrogen and oxygen atoms in total. The molecule has 5 heteroatoms. The third-order valence-corrected chi connectivity index (χ3v) is 7.09. The van der Waals surface area contributed by atoms with Gasteiger partial charge in [0.05, 0.1) is 25.3 Å². The van der Waals surface area contributed by atoms with Crippen molar-refractivity contribution < 1.29 is 14.2 Å². The van der Waals surface area contributed by atoms with Crippen LogP contribution in [0.1, 0.15) is 23.1 Å². The number of morpholine rings is 1. The molecule has 3 aromatic carbocycles. The number of para-hydroxylation sites is 1. The SMILES string of the molecule is Cc1ccccc1-c1cccc2c(CCCOc3cccc(OCCN4CCOCC4)c3C)c[nH]c12. The zero-order valence-corrected chi connectivity index (χ0v) is 21.4. The number of fused-ring (bicyclic) bond motifs is 1. The first-order valence-electron chi connectivity index (χ1n) is 13.0. The number of hydrogen-bond acceptors (Lipinski definition) is 4.